The molecule has 1 fully saturated rings. The Balaban J connectivity index is 2.17. The van der Waals surface area contributed by atoms with Crippen molar-refractivity contribution in [1.82, 2.24) is 15.1 Å². The molecule has 1 aliphatic heterocycles. The number of imide groups is 1. The molecule has 1 aromatic rings. The number of benzene rings is 1. The molecule has 0 aromatic heterocycles. The Kier molecular flexibility index (Phi) is 8.17. The van der Waals surface area contributed by atoms with Crippen LogP contribution in [-0.2, 0) is 15.1 Å². The van der Waals surface area contributed by atoms with Crippen LogP contribution < -0.4 is 5.32 Å². The van der Waals surface area contributed by atoms with Gasteiger partial charge in [0.25, 0.3) is 5.91 Å². The van der Waals surface area contributed by atoms with Gasteiger partial charge in [-0.15, -0.1) is 0 Å². The minimum Gasteiger partial charge on any atom is -0.341 e. The topological polar surface area (TPSA) is 69.7 Å². The Morgan fingerprint density at radius 3 is 2.13 bits per heavy atom. The average molecular weight is 456 g/mol. The summed E-state index contributed by atoms with van der Waals surface area (Å²) in [5.41, 5.74) is -0.784. The number of urea groups is 1. The lowest BCUT2D eigenvalue weighted by Crippen LogP contribution is -2.45. The van der Waals surface area contributed by atoms with E-state index in [0.29, 0.717) is 40.5 Å². The van der Waals surface area contributed by atoms with E-state index in [9.17, 15) is 14.4 Å². The van der Waals surface area contributed by atoms with Gasteiger partial charge in [-0.25, -0.2) is 4.79 Å². The molecule has 1 saturated heterocycles. The van der Waals surface area contributed by atoms with Crippen molar-refractivity contribution in [3.8, 4) is 0 Å². The molecule has 0 radical (unpaired) electrons. The number of hydrogen-bond acceptors (Lipinski definition) is 3. The van der Waals surface area contributed by atoms with Crippen LogP contribution in [0.3, 0.4) is 0 Å². The van der Waals surface area contributed by atoms with Gasteiger partial charge in [-0.2, -0.15) is 0 Å². The van der Waals surface area contributed by atoms with Crippen molar-refractivity contribution in [3.63, 3.8) is 0 Å². The Morgan fingerprint density at radius 2 is 1.63 bits per heavy atom. The molecule has 0 saturated carbocycles. The molecule has 0 bridgehead atoms. The van der Waals surface area contributed by atoms with Crippen molar-refractivity contribution in [2.75, 3.05) is 19.6 Å². The number of halogens is 2. The van der Waals surface area contributed by atoms with Crippen molar-refractivity contribution in [3.05, 3.63) is 33.8 Å². The summed E-state index contributed by atoms with van der Waals surface area (Å²) in [6.07, 6.45) is 1.73. The molecule has 8 heteroatoms. The van der Waals surface area contributed by atoms with Gasteiger partial charge in [0.2, 0.25) is 5.91 Å². The third-order valence-electron chi connectivity index (χ3n) is 5.37. The molecule has 166 valence electrons. The summed E-state index contributed by atoms with van der Waals surface area (Å²) in [6.45, 7) is 10.9. The molecule has 2 rings (SSSR count). The van der Waals surface area contributed by atoms with E-state index in [0.717, 1.165) is 17.7 Å². The first-order valence-corrected chi connectivity index (χ1v) is 11.1. The molecule has 0 spiro atoms. The van der Waals surface area contributed by atoms with Gasteiger partial charge in [-0.1, -0.05) is 57.0 Å². The summed E-state index contributed by atoms with van der Waals surface area (Å²) in [5, 5.41) is 3.35. The molecule has 1 aromatic carbocycles. The highest BCUT2D eigenvalue weighted by Crippen LogP contribution is 2.33. The molecule has 6 nitrogen and oxygen atoms in total. The smallest absolute Gasteiger partial charge is 0.325 e. The summed E-state index contributed by atoms with van der Waals surface area (Å²) >= 11 is 12.1. The number of amides is 4. The van der Waals surface area contributed by atoms with Crippen molar-refractivity contribution in [2.45, 2.75) is 53.0 Å². The minimum absolute atomic E-state index is 0.224. The lowest BCUT2D eigenvalue weighted by atomic mass is 9.92. The van der Waals surface area contributed by atoms with Crippen molar-refractivity contribution in [2.24, 2.45) is 11.8 Å². The van der Waals surface area contributed by atoms with Crippen molar-refractivity contribution < 1.29 is 14.4 Å². The molecule has 0 aliphatic carbocycles. The van der Waals surface area contributed by atoms with Crippen LogP contribution in [0.5, 0.6) is 0 Å². The normalized spacial score (nSPS) is 19.0. The fraction of sp³-hybridized carbons (Fsp3) is 0.591. The summed E-state index contributed by atoms with van der Waals surface area (Å²) in [6, 6.07) is 4.20. The fourth-order valence-corrected chi connectivity index (χ4v) is 3.57. The minimum atomic E-state index is -1.30. The zero-order valence-electron chi connectivity index (χ0n) is 18.3. The van der Waals surface area contributed by atoms with Crippen molar-refractivity contribution >= 4 is 41.0 Å². The highest BCUT2D eigenvalue weighted by molar-refractivity contribution is 6.42. The van der Waals surface area contributed by atoms with Crippen LogP contribution in [0.4, 0.5) is 4.79 Å². The van der Waals surface area contributed by atoms with Gasteiger partial charge in [0.1, 0.15) is 12.1 Å². The highest BCUT2D eigenvalue weighted by Gasteiger charge is 2.49. The summed E-state index contributed by atoms with van der Waals surface area (Å²) in [5.74, 6) is 0.202. The third-order valence-corrected chi connectivity index (χ3v) is 6.11. The van der Waals surface area contributed by atoms with Crippen LogP contribution in [0.25, 0.3) is 0 Å². The average Bonchev–Trinajstić information content (AvgIpc) is 2.87. The lowest BCUT2D eigenvalue weighted by molar-refractivity contribution is -0.139. The molecule has 30 heavy (non-hydrogen) atoms. The maximum atomic E-state index is 13.1. The number of rotatable bonds is 9. The Morgan fingerprint density at radius 1 is 1.07 bits per heavy atom. The van der Waals surface area contributed by atoms with E-state index in [-0.39, 0.29) is 12.5 Å². The first-order chi connectivity index (χ1) is 14.0. The molecule has 1 atom stereocenters. The van der Waals surface area contributed by atoms with Crippen molar-refractivity contribution in [1.29, 1.82) is 0 Å². The fourth-order valence-electron chi connectivity index (χ4n) is 3.27. The molecular weight excluding hydrogens is 425 g/mol. The first-order valence-electron chi connectivity index (χ1n) is 10.3. The number of carbonyl (C=O) groups excluding carboxylic acids is 3. The highest BCUT2D eigenvalue weighted by atomic mass is 35.5. The standard InChI is InChI=1S/C22H31Cl2N3O3/c1-14(2)8-10-26(11-9-15(3)4)19(28)13-27-20(29)22(5,25-21(27)30)16-6-7-17(23)18(24)12-16/h6-7,12,14-15H,8-11,13H2,1-5H3,(H,25,30). The van der Waals surface area contributed by atoms with Crippen LogP contribution in [-0.4, -0.2) is 47.3 Å². The molecular formula is C22H31Cl2N3O3. The van der Waals surface area contributed by atoms with Gasteiger partial charge < -0.3 is 10.2 Å². The van der Waals surface area contributed by atoms with Crippen LogP contribution in [0.15, 0.2) is 18.2 Å². The van der Waals surface area contributed by atoms with E-state index in [1.807, 2.05) is 0 Å². The molecule has 1 aliphatic rings. The van der Waals surface area contributed by atoms with Gasteiger partial charge in [0.05, 0.1) is 10.0 Å². The summed E-state index contributed by atoms with van der Waals surface area (Å²) in [7, 11) is 0. The predicted octanol–water partition coefficient (Wildman–Crippen LogP) is 4.68. The zero-order chi connectivity index (χ0) is 22.6. The first kappa shape index (κ1) is 24.5. The van der Waals surface area contributed by atoms with Crippen LogP contribution >= 0.6 is 23.2 Å². The molecule has 1 heterocycles. The van der Waals surface area contributed by atoms with Crippen LogP contribution in [0, 0.1) is 11.8 Å². The van der Waals surface area contributed by atoms with E-state index in [1.165, 1.54) is 0 Å². The zero-order valence-corrected chi connectivity index (χ0v) is 19.8. The number of nitrogens with zero attached hydrogens (tertiary/aromatic N) is 2. The number of carbonyl (C=O) groups is 3. The maximum absolute atomic E-state index is 13.1. The number of nitrogens with one attached hydrogen (secondary N) is 1. The Hall–Kier alpha value is -1.79. The second-order valence-corrected chi connectivity index (χ2v) is 9.64. The van der Waals surface area contributed by atoms with E-state index in [4.69, 9.17) is 23.2 Å². The monoisotopic (exact) mass is 455 g/mol. The Labute approximate surface area is 188 Å². The number of hydrogen-bond donors (Lipinski definition) is 1. The summed E-state index contributed by atoms with van der Waals surface area (Å²) < 4.78 is 0. The SMILES string of the molecule is CC(C)CCN(CCC(C)C)C(=O)CN1C(=O)NC(C)(c2ccc(Cl)c(Cl)c2)C1=O. The second kappa shape index (κ2) is 10.0. The molecule has 4 amide bonds. The van der Waals surface area contributed by atoms with Gasteiger partial charge >= 0.3 is 6.03 Å². The second-order valence-electron chi connectivity index (χ2n) is 8.82. The largest absolute Gasteiger partial charge is 0.341 e. The maximum Gasteiger partial charge on any atom is 0.325 e. The molecule has 1 N–H and O–H groups in total. The quantitative estimate of drug-likeness (QED) is 0.549. The predicted molar refractivity (Wildman–Crippen MR) is 120 cm³/mol. The van der Waals surface area contributed by atoms with Gasteiger partial charge in [0.15, 0.2) is 0 Å². The van der Waals surface area contributed by atoms with Gasteiger partial charge in [0, 0.05) is 13.1 Å². The van der Waals surface area contributed by atoms with E-state index in [2.05, 4.69) is 33.0 Å². The third kappa shape index (κ3) is 5.67. The van der Waals surface area contributed by atoms with E-state index >= 15 is 0 Å². The van der Waals surface area contributed by atoms with Gasteiger partial charge in [-0.3, -0.25) is 14.5 Å². The van der Waals surface area contributed by atoms with Gasteiger partial charge in [-0.05, 0) is 49.3 Å². The lowest BCUT2D eigenvalue weighted by Gasteiger charge is -2.27. The molecule has 1 unspecified atom stereocenters. The Bertz CT molecular complexity index is 801. The van der Waals surface area contributed by atoms with E-state index < -0.39 is 17.5 Å². The van der Waals surface area contributed by atoms with Crippen LogP contribution in [0.2, 0.25) is 10.0 Å². The summed E-state index contributed by atoms with van der Waals surface area (Å²) in [4.78, 5) is 41.4. The van der Waals surface area contributed by atoms with Crippen LogP contribution in [0.1, 0.15) is 53.0 Å². The van der Waals surface area contributed by atoms with E-state index in [1.54, 1.807) is 30.0 Å².